The van der Waals surface area contributed by atoms with Gasteiger partial charge in [0.15, 0.2) is 0 Å². The van der Waals surface area contributed by atoms with Crippen LogP contribution in [0.15, 0.2) is 158 Å². The summed E-state index contributed by atoms with van der Waals surface area (Å²) in [5.41, 5.74) is 20.4. The Morgan fingerprint density at radius 1 is 0.360 bits per heavy atom. The molecule has 0 bridgehead atoms. The van der Waals surface area contributed by atoms with Crippen molar-refractivity contribution in [3.05, 3.63) is 180 Å². The first-order valence-electron chi connectivity index (χ1n) is 27.2. The summed E-state index contributed by atoms with van der Waals surface area (Å²) in [5, 5.41) is 16.9. The Morgan fingerprint density at radius 3 is 1.21 bits per heavy atom. The summed E-state index contributed by atoms with van der Waals surface area (Å²) in [4.78, 5) is 5.10. The van der Waals surface area contributed by atoms with Crippen molar-refractivity contribution in [1.82, 2.24) is 14.1 Å². The largest absolute Gasteiger partial charge is 0.310 e. The molecule has 0 fully saturated rings. The summed E-state index contributed by atoms with van der Waals surface area (Å²) in [5.74, 6) is 0. The lowest BCUT2D eigenvalue weighted by Crippen LogP contribution is -2.59. The molecule has 10 aromatic carbocycles. The third-order valence-electron chi connectivity index (χ3n) is 17.6. The molecule has 2 aliphatic heterocycles. The van der Waals surface area contributed by atoms with Crippen LogP contribution in [-0.2, 0) is 21.7 Å². The van der Waals surface area contributed by atoms with E-state index >= 15 is 0 Å². The molecule has 3 aromatic heterocycles. The Morgan fingerprint density at radius 2 is 0.773 bits per heavy atom. The second-order valence-electron chi connectivity index (χ2n) is 26.5. The minimum atomic E-state index is -0.0553. The quantitative estimate of drug-likeness (QED) is 0.150. The normalized spacial score (nSPS) is 13.8. The van der Waals surface area contributed by atoms with E-state index in [2.05, 4.69) is 250 Å². The van der Waals surface area contributed by atoms with Crippen molar-refractivity contribution in [2.75, 3.05) is 0 Å². The number of para-hydroxylation sites is 1. The molecule has 4 heteroatoms. The Kier molecular flexibility index (Phi) is 8.70. The van der Waals surface area contributed by atoms with E-state index < -0.39 is 0 Å². The van der Waals surface area contributed by atoms with Gasteiger partial charge in [-0.3, -0.25) is 4.98 Å². The van der Waals surface area contributed by atoms with Crippen LogP contribution >= 0.6 is 0 Å². The van der Waals surface area contributed by atoms with E-state index in [9.17, 15) is 0 Å². The molecule has 0 N–H and O–H groups in total. The maximum absolute atomic E-state index is 5.10. The van der Waals surface area contributed by atoms with Crippen molar-refractivity contribution in [3.63, 3.8) is 0 Å². The predicted octanol–water partition coefficient (Wildman–Crippen LogP) is 17.0. The fraction of sp³-hybridized carbons (Fsp3) is 0.225. The minimum Gasteiger partial charge on any atom is -0.310 e. The zero-order valence-corrected chi connectivity index (χ0v) is 45.4. The fourth-order valence-corrected chi connectivity index (χ4v) is 13.6. The Balaban J connectivity index is 1.18. The van der Waals surface area contributed by atoms with Gasteiger partial charge in [0.1, 0.15) is 0 Å². The van der Waals surface area contributed by atoms with Crippen molar-refractivity contribution in [2.45, 2.75) is 105 Å². The molecule has 0 aliphatic carbocycles. The topological polar surface area (TPSA) is 22.8 Å². The molecule has 0 atom stereocenters. The number of hydrogen-bond acceptors (Lipinski definition) is 1. The summed E-state index contributed by atoms with van der Waals surface area (Å²) in [7, 11) is 0. The molecule has 3 nitrogen and oxygen atoms in total. The molecule has 0 saturated heterocycles. The molecule has 13 aromatic rings. The third-order valence-corrected chi connectivity index (χ3v) is 17.6. The molecule has 2 aliphatic rings. The summed E-state index contributed by atoms with van der Waals surface area (Å²) in [6.45, 7) is 28.0. The Labute approximate surface area is 439 Å². The van der Waals surface area contributed by atoms with Crippen molar-refractivity contribution in [2.24, 2.45) is 0 Å². The number of pyridine rings is 1. The number of aromatic nitrogens is 3. The summed E-state index contributed by atoms with van der Waals surface area (Å²) in [6, 6.07) is 59.9. The molecular weight excluding hydrogens is 906 g/mol. The van der Waals surface area contributed by atoms with Crippen molar-refractivity contribution in [1.29, 1.82) is 0 Å². The molecule has 0 saturated carbocycles. The summed E-state index contributed by atoms with van der Waals surface area (Å²) in [6.07, 6.45) is 2.09. The summed E-state index contributed by atoms with van der Waals surface area (Å²) < 4.78 is 5.36. The standard InChI is InChI=1S/C71H62BN3/c1-68(2,3)46-19-23-50-39(30-46)17-27-57-61(50)63-52-25-21-48(70(7,8)9)32-43(52)34-54-66(63)74(57)59-36-42(45-29-41-15-13-14-16-56(41)73-38-45)37-60-65(59)72(54)55-35-44-33-49(71(10,11)12)22-26-53(44)64-62-51-24-20-47(69(4,5)6)31-40(51)18-28-58(62)75(60)67(55)64/h13-38H,1-12H3. The molecule has 5 heterocycles. The lowest BCUT2D eigenvalue weighted by atomic mass is 9.34. The van der Waals surface area contributed by atoms with Gasteiger partial charge in [0.25, 0.3) is 6.71 Å². The van der Waals surface area contributed by atoms with Gasteiger partial charge in [-0.1, -0.05) is 198 Å². The number of fused-ring (bicyclic) bond motifs is 19. The molecule has 75 heavy (non-hydrogen) atoms. The second-order valence-corrected chi connectivity index (χ2v) is 26.5. The average Bonchev–Trinajstić information content (AvgIpc) is 4.05. The van der Waals surface area contributed by atoms with Crippen LogP contribution in [0.1, 0.15) is 105 Å². The van der Waals surface area contributed by atoms with Crippen LogP contribution in [0.3, 0.4) is 0 Å². The first-order valence-corrected chi connectivity index (χ1v) is 27.2. The maximum Gasteiger partial charge on any atom is 0.252 e. The number of benzene rings is 10. The molecule has 0 unspecified atom stereocenters. The van der Waals surface area contributed by atoms with E-state index in [4.69, 9.17) is 4.98 Å². The third kappa shape index (κ3) is 6.20. The van der Waals surface area contributed by atoms with E-state index in [0.717, 1.165) is 22.0 Å². The van der Waals surface area contributed by atoms with Crippen molar-refractivity contribution >= 4 is 121 Å². The smallest absolute Gasteiger partial charge is 0.252 e. The van der Waals surface area contributed by atoms with Gasteiger partial charge in [0, 0.05) is 50.1 Å². The highest BCUT2D eigenvalue weighted by Crippen LogP contribution is 2.48. The molecule has 364 valence electrons. The molecule has 0 amide bonds. The minimum absolute atomic E-state index is 0.0182. The number of nitrogens with zero attached hydrogens (tertiary/aromatic N) is 3. The lowest BCUT2D eigenvalue weighted by Gasteiger charge is -2.35. The molecule has 0 radical (unpaired) electrons. The van der Waals surface area contributed by atoms with E-state index in [1.54, 1.807) is 0 Å². The monoisotopic (exact) mass is 968 g/mol. The molecule has 15 rings (SSSR count). The lowest BCUT2D eigenvalue weighted by molar-refractivity contribution is 0.591. The highest BCUT2D eigenvalue weighted by molar-refractivity contribution is 7.00. The fourth-order valence-electron chi connectivity index (χ4n) is 13.6. The number of hydrogen-bond donors (Lipinski definition) is 0. The van der Waals surface area contributed by atoms with Gasteiger partial charge < -0.3 is 9.13 Å². The molecular formula is C71H62BN3. The van der Waals surface area contributed by atoms with E-state index in [0.29, 0.717) is 0 Å². The second kappa shape index (κ2) is 14.6. The van der Waals surface area contributed by atoms with E-state index in [-0.39, 0.29) is 28.4 Å². The Bertz CT molecular complexity index is 4480. The zero-order chi connectivity index (χ0) is 51.6. The summed E-state index contributed by atoms with van der Waals surface area (Å²) >= 11 is 0. The van der Waals surface area contributed by atoms with Crippen LogP contribution in [0.2, 0.25) is 0 Å². The van der Waals surface area contributed by atoms with Crippen LogP contribution in [0.4, 0.5) is 0 Å². The van der Waals surface area contributed by atoms with E-state index in [1.165, 1.54) is 137 Å². The molecule has 0 spiro atoms. The van der Waals surface area contributed by atoms with Crippen LogP contribution in [0, 0.1) is 0 Å². The first-order chi connectivity index (χ1) is 35.7. The van der Waals surface area contributed by atoms with Gasteiger partial charge in [0.05, 0.1) is 27.6 Å². The SMILES string of the molecule is CC(C)(C)c1ccc2c(ccc3c2c2c4ccc(C(C)(C)C)cc4cc4c2n3-c2cc(-c3cnc5ccccc5c3)cc3c2B4c2cc4cc(C(C)(C)C)ccc4c4c5c6ccc(C(C)(C)C)cc6ccc5n-3c24)c1. The van der Waals surface area contributed by atoms with Gasteiger partial charge in [-0.15, -0.1) is 0 Å². The highest BCUT2D eigenvalue weighted by atomic mass is 15.0. The highest BCUT2D eigenvalue weighted by Gasteiger charge is 2.43. The van der Waals surface area contributed by atoms with Crippen LogP contribution in [0.5, 0.6) is 0 Å². The van der Waals surface area contributed by atoms with Crippen molar-refractivity contribution < 1.29 is 0 Å². The zero-order valence-electron chi connectivity index (χ0n) is 45.4. The first kappa shape index (κ1) is 44.8. The van der Waals surface area contributed by atoms with Gasteiger partial charge >= 0.3 is 0 Å². The van der Waals surface area contributed by atoms with Gasteiger partial charge in [-0.2, -0.15) is 0 Å². The van der Waals surface area contributed by atoms with Crippen molar-refractivity contribution in [3.8, 4) is 22.5 Å². The maximum atomic E-state index is 5.10. The predicted molar refractivity (Wildman–Crippen MR) is 325 cm³/mol. The average molecular weight is 968 g/mol. The van der Waals surface area contributed by atoms with Gasteiger partial charge in [-0.05, 0) is 145 Å². The van der Waals surface area contributed by atoms with Gasteiger partial charge in [-0.25, -0.2) is 0 Å². The van der Waals surface area contributed by atoms with Crippen LogP contribution in [-0.4, -0.2) is 20.8 Å². The number of rotatable bonds is 1. The van der Waals surface area contributed by atoms with E-state index in [1.807, 2.05) is 0 Å². The Hall–Kier alpha value is -7.69. The van der Waals surface area contributed by atoms with Gasteiger partial charge in [0.2, 0.25) is 0 Å². The van der Waals surface area contributed by atoms with Crippen LogP contribution in [0.25, 0.3) is 120 Å². The van der Waals surface area contributed by atoms with Crippen LogP contribution < -0.4 is 16.4 Å².